The summed E-state index contributed by atoms with van der Waals surface area (Å²) in [5, 5.41) is 0. The van der Waals surface area contributed by atoms with Crippen LogP contribution in [0.1, 0.15) is 16.1 Å². The standard InChI is InChI=1S/C7H4F3NO2/c8-7(9,10)6-4(3-12)11-2-1-5(6)13/h1-3H,(H,11,13). The van der Waals surface area contributed by atoms with E-state index in [1.807, 2.05) is 4.98 Å². The lowest BCUT2D eigenvalue weighted by Crippen LogP contribution is -2.22. The maximum Gasteiger partial charge on any atom is 0.422 e. The van der Waals surface area contributed by atoms with Gasteiger partial charge in [0.05, 0.1) is 5.69 Å². The van der Waals surface area contributed by atoms with E-state index in [2.05, 4.69) is 0 Å². The number of rotatable bonds is 1. The van der Waals surface area contributed by atoms with Crippen molar-refractivity contribution in [2.75, 3.05) is 0 Å². The van der Waals surface area contributed by atoms with Gasteiger partial charge in [-0.1, -0.05) is 0 Å². The number of pyridine rings is 1. The molecule has 70 valence electrons. The van der Waals surface area contributed by atoms with Crippen LogP contribution in [-0.4, -0.2) is 11.3 Å². The topological polar surface area (TPSA) is 49.9 Å². The maximum atomic E-state index is 12.1. The molecule has 0 aliphatic heterocycles. The number of halogens is 3. The molecule has 0 fully saturated rings. The summed E-state index contributed by atoms with van der Waals surface area (Å²) < 4.78 is 36.4. The first kappa shape index (κ1) is 9.50. The third kappa shape index (κ3) is 1.77. The lowest BCUT2D eigenvalue weighted by atomic mass is 10.2. The summed E-state index contributed by atoms with van der Waals surface area (Å²) in [5.74, 6) is 0. The van der Waals surface area contributed by atoms with Crippen LogP contribution >= 0.6 is 0 Å². The zero-order valence-electron chi connectivity index (χ0n) is 6.18. The molecule has 3 nitrogen and oxygen atoms in total. The second-order valence-corrected chi connectivity index (χ2v) is 2.25. The van der Waals surface area contributed by atoms with E-state index in [0.29, 0.717) is 0 Å². The number of carbonyl (C=O) groups is 1. The molecule has 1 heterocycles. The zero-order valence-corrected chi connectivity index (χ0v) is 6.18. The van der Waals surface area contributed by atoms with Crippen LogP contribution in [0.5, 0.6) is 0 Å². The molecule has 13 heavy (non-hydrogen) atoms. The number of aromatic nitrogens is 1. The molecular weight excluding hydrogens is 187 g/mol. The number of nitrogens with one attached hydrogen (secondary N) is 1. The minimum Gasteiger partial charge on any atom is -0.358 e. The van der Waals surface area contributed by atoms with Crippen molar-refractivity contribution in [2.24, 2.45) is 0 Å². The molecule has 1 rings (SSSR count). The van der Waals surface area contributed by atoms with E-state index < -0.39 is 22.9 Å². The van der Waals surface area contributed by atoms with Crippen molar-refractivity contribution in [3.8, 4) is 0 Å². The molecule has 1 aromatic heterocycles. The molecule has 0 aromatic carbocycles. The van der Waals surface area contributed by atoms with Crippen LogP contribution in [0.25, 0.3) is 0 Å². The van der Waals surface area contributed by atoms with E-state index in [1.54, 1.807) is 0 Å². The van der Waals surface area contributed by atoms with Crippen LogP contribution in [0, 0.1) is 0 Å². The highest BCUT2D eigenvalue weighted by atomic mass is 19.4. The van der Waals surface area contributed by atoms with Gasteiger partial charge in [-0.3, -0.25) is 9.59 Å². The van der Waals surface area contributed by atoms with Crippen molar-refractivity contribution < 1.29 is 18.0 Å². The van der Waals surface area contributed by atoms with E-state index >= 15 is 0 Å². The van der Waals surface area contributed by atoms with Crippen LogP contribution in [-0.2, 0) is 6.18 Å². The summed E-state index contributed by atoms with van der Waals surface area (Å²) in [4.78, 5) is 22.9. The summed E-state index contributed by atoms with van der Waals surface area (Å²) in [5.41, 5.74) is -3.42. The molecular formula is C7H4F3NO2. The smallest absolute Gasteiger partial charge is 0.358 e. The fraction of sp³-hybridized carbons (Fsp3) is 0.143. The van der Waals surface area contributed by atoms with Gasteiger partial charge < -0.3 is 4.98 Å². The van der Waals surface area contributed by atoms with E-state index in [0.717, 1.165) is 12.3 Å². The minimum absolute atomic E-state index is 0.0375. The van der Waals surface area contributed by atoms with E-state index in [1.165, 1.54) is 0 Å². The van der Waals surface area contributed by atoms with Crippen molar-refractivity contribution in [1.29, 1.82) is 0 Å². The normalized spacial score (nSPS) is 11.3. The molecule has 0 unspecified atom stereocenters. The van der Waals surface area contributed by atoms with Crippen molar-refractivity contribution in [3.63, 3.8) is 0 Å². The number of hydrogen-bond acceptors (Lipinski definition) is 2. The van der Waals surface area contributed by atoms with Gasteiger partial charge in [-0.2, -0.15) is 13.2 Å². The first-order valence-electron chi connectivity index (χ1n) is 3.21. The Morgan fingerprint density at radius 1 is 1.38 bits per heavy atom. The molecule has 1 aromatic rings. The molecule has 0 amide bonds. The van der Waals surface area contributed by atoms with Gasteiger partial charge in [0.15, 0.2) is 11.7 Å². The van der Waals surface area contributed by atoms with Gasteiger partial charge >= 0.3 is 6.18 Å². The predicted molar refractivity (Wildman–Crippen MR) is 37.5 cm³/mol. The molecule has 6 heteroatoms. The molecule has 0 saturated carbocycles. The van der Waals surface area contributed by atoms with Gasteiger partial charge in [0.2, 0.25) is 0 Å². The fourth-order valence-electron chi connectivity index (χ4n) is 0.881. The maximum absolute atomic E-state index is 12.1. The summed E-state index contributed by atoms with van der Waals surface area (Å²) in [7, 11) is 0. The van der Waals surface area contributed by atoms with Crippen molar-refractivity contribution >= 4 is 6.29 Å². The molecule has 0 saturated heterocycles. The molecule has 0 atom stereocenters. The van der Waals surface area contributed by atoms with Crippen LogP contribution in [0.15, 0.2) is 17.1 Å². The number of aromatic amines is 1. The summed E-state index contributed by atoms with van der Waals surface area (Å²) in [6, 6.07) is 0.718. The van der Waals surface area contributed by atoms with Gasteiger partial charge in [0.1, 0.15) is 5.56 Å². The van der Waals surface area contributed by atoms with Crippen LogP contribution in [0.3, 0.4) is 0 Å². The van der Waals surface area contributed by atoms with Gasteiger partial charge in [-0.25, -0.2) is 0 Å². The molecule has 0 radical (unpaired) electrons. The number of carbonyl (C=O) groups excluding carboxylic acids is 1. The Labute approximate surface area is 70.2 Å². The van der Waals surface area contributed by atoms with E-state index in [9.17, 15) is 22.8 Å². The van der Waals surface area contributed by atoms with Gasteiger partial charge in [-0.15, -0.1) is 0 Å². The highest BCUT2D eigenvalue weighted by Gasteiger charge is 2.36. The molecule has 0 aliphatic carbocycles. The summed E-state index contributed by atoms with van der Waals surface area (Å²) >= 11 is 0. The number of H-pyrrole nitrogens is 1. The van der Waals surface area contributed by atoms with Crippen LogP contribution in [0.2, 0.25) is 0 Å². The molecule has 0 spiro atoms. The Hall–Kier alpha value is -1.59. The van der Waals surface area contributed by atoms with Crippen LogP contribution in [0.4, 0.5) is 13.2 Å². The zero-order chi connectivity index (χ0) is 10.1. The lowest BCUT2D eigenvalue weighted by molar-refractivity contribution is -0.138. The minimum atomic E-state index is -4.80. The largest absolute Gasteiger partial charge is 0.422 e. The Kier molecular flexibility index (Phi) is 2.22. The second-order valence-electron chi connectivity index (χ2n) is 2.25. The Bertz CT molecular complexity index is 380. The van der Waals surface area contributed by atoms with Gasteiger partial charge in [-0.05, 0) is 0 Å². The number of aldehydes is 1. The monoisotopic (exact) mass is 191 g/mol. The quantitative estimate of drug-likeness (QED) is 0.678. The SMILES string of the molecule is O=Cc1[nH]ccc(=O)c1C(F)(F)F. The van der Waals surface area contributed by atoms with Gasteiger partial charge in [0.25, 0.3) is 0 Å². The average molecular weight is 191 g/mol. The Morgan fingerprint density at radius 2 is 2.00 bits per heavy atom. The first-order chi connectivity index (χ1) is 5.96. The third-order valence-corrected chi connectivity index (χ3v) is 1.39. The highest BCUT2D eigenvalue weighted by Crippen LogP contribution is 2.27. The molecule has 0 aliphatic rings. The number of hydrogen-bond donors (Lipinski definition) is 1. The fourth-order valence-corrected chi connectivity index (χ4v) is 0.881. The van der Waals surface area contributed by atoms with Crippen molar-refractivity contribution in [3.05, 3.63) is 33.7 Å². The van der Waals surface area contributed by atoms with Crippen molar-refractivity contribution in [2.45, 2.75) is 6.18 Å². The van der Waals surface area contributed by atoms with E-state index in [-0.39, 0.29) is 6.29 Å². The molecule has 0 bridgehead atoms. The second kappa shape index (κ2) is 3.04. The summed E-state index contributed by atoms with van der Waals surface area (Å²) in [6.45, 7) is 0. The highest BCUT2D eigenvalue weighted by molar-refractivity contribution is 5.74. The first-order valence-corrected chi connectivity index (χ1v) is 3.21. The van der Waals surface area contributed by atoms with Gasteiger partial charge in [0, 0.05) is 12.3 Å². The predicted octanol–water partition coefficient (Wildman–Crippen LogP) is 1.21. The van der Waals surface area contributed by atoms with Crippen molar-refractivity contribution in [1.82, 2.24) is 4.98 Å². The number of alkyl halides is 3. The van der Waals surface area contributed by atoms with E-state index in [4.69, 9.17) is 0 Å². The van der Waals surface area contributed by atoms with Crippen LogP contribution < -0.4 is 5.43 Å². The Morgan fingerprint density at radius 3 is 2.38 bits per heavy atom. The average Bonchev–Trinajstić information content (AvgIpc) is 2.01. The lowest BCUT2D eigenvalue weighted by Gasteiger charge is -2.06. The Balaban J connectivity index is 3.50. The summed E-state index contributed by atoms with van der Waals surface area (Å²) in [6.07, 6.45) is -3.85. The molecule has 1 N–H and O–H groups in total. The third-order valence-electron chi connectivity index (χ3n) is 1.39.